The first-order valence-electron chi connectivity index (χ1n) is 9.72. The molecule has 0 bridgehead atoms. The van der Waals surface area contributed by atoms with Gasteiger partial charge in [-0.25, -0.2) is 9.78 Å². The van der Waals surface area contributed by atoms with Gasteiger partial charge in [0.1, 0.15) is 10.8 Å². The van der Waals surface area contributed by atoms with Crippen LogP contribution in [0.15, 0.2) is 69.8 Å². The van der Waals surface area contributed by atoms with Crippen molar-refractivity contribution in [2.24, 2.45) is 0 Å². The van der Waals surface area contributed by atoms with Gasteiger partial charge in [0, 0.05) is 30.4 Å². The number of benzene rings is 1. The van der Waals surface area contributed by atoms with Crippen molar-refractivity contribution in [3.63, 3.8) is 0 Å². The minimum Gasteiger partial charge on any atom is -0.383 e. The zero-order chi connectivity index (χ0) is 22.7. The van der Waals surface area contributed by atoms with E-state index < -0.39 is 11.2 Å². The summed E-state index contributed by atoms with van der Waals surface area (Å²) in [5.74, 6) is -0.456. The molecule has 0 saturated carbocycles. The van der Waals surface area contributed by atoms with Gasteiger partial charge in [-0.3, -0.25) is 24.1 Å². The fourth-order valence-corrected chi connectivity index (χ4v) is 4.04. The Labute approximate surface area is 186 Å². The van der Waals surface area contributed by atoms with Crippen LogP contribution in [0.5, 0.6) is 0 Å². The average molecular weight is 449 g/mol. The number of pyridine rings is 1. The predicted octanol–water partition coefficient (Wildman–Crippen LogP) is 1.89. The van der Waals surface area contributed by atoms with E-state index in [9.17, 15) is 14.4 Å². The average Bonchev–Trinajstić information content (AvgIpc) is 3.26. The number of hydrogen-bond donors (Lipinski definition) is 2. The molecule has 4 aromatic rings. The molecule has 10 heteroatoms. The van der Waals surface area contributed by atoms with E-state index in [0.29, 0.717) is 5.69 Å². The van der Waals surface area contributed by atoms with Crippen LogP contribution in [0, 0.1) is 0 Å². The Kier molecular flexibility index (Phi) is 5.95. The van der Waals surface area contributed by atoms with Gasteiger partial charge in [-0.2, -0.15) is 0 Å². The molecule has 1 amide bonds. The molecular weight excluding hydrogens is 428 g/mol. The Morgan fingerprint density at radius 2 is 1.97 bits per heavy atom. The number of anilines is 2. The SMILES string of the molecule is CN(C(=O)Cc1csc(-c2cccnc2)n1)c1c(N)n(Cc2ccccc2)c(=O)[nH]c1=O. The normalized spacial score (nSPS) is 10.8. The molecule has 3 aromatic heterocycles. The molecule has 32 heavy (non-hydrogen) atoms. The molecular formula is C22H20N6O3S. The zero-order valence-corrected chi connectivity index (χ0v) is 18.0. The number of hydrogen-bond acceptors (Lipinski definition) is 7. The van der Waals surface area contributed by atoms with Gasteiger partial charge in [0.2, 0.25) is 5.91 Å². The van der Waals surface area contributed by atoms with E-state index in [1.165, 1.54) is 23.0 Å². The fourth-order valence-electron chi connectivity index (χ4n) is 3.23. The van der Waals surface area contributed by atoms with Crippen molar-refractivity contribution in [1.82, 2.24) is 19.5 Å². The predicted molar refractivity (Wildman–Crippen MR) is 124 cm³/mol. The number of nitrogens with two attached hydrogens (primary N) is 1. The lowest BCUT2D eigenvalue weighted by atomic mass is 10.2. The molecule has 0 radical (unpaired) electrons. The third kappa shape index (κ3) is 4.35. The number of carbonyl (C=O) groups excluding carboxylic acids is 1. The minimum atomic E-state index is -0.720. The molecule has 3 heterocycles. The number of nitrogens with zero attached hydrogens (tertiary/aromatic N) is 4. The highest BCUT2D eigenvalue weighted by molar-refractivity contribution is 7.13. The lowest BCUT2D eigenvalue weighted by molar-refractivity contribution is -0.117. The topological polar surface area (TPSA) is 127 Å². The largest absolute Gasteiger partial charge is 0.383 e. The van der Waals surface area contributed by atoms with Gasteiger partial charge in [0.25, 0.3) is 5.56 Å². The third-order valence-corrected chi connectivity index (χ3v) is 5.84. The lowest BCUT2D eigenvalue weighted by Crippen LogP contribution is -2.40. The van der Waals surface area contributed by atoms with Crippen LogP contribution in [0.25, 0.3) is 10.6 Å². The number of thiazole rings is 1. The highest BCUT2D eigenvalue weighted by atomic mass is 32.1. The summed E-state index contributed by atoms with van der Waals surface area (Å²) in [6.07, 6.45) is 3.35. The molecule has 0 aliphatic rings. The van der Waals surface area contributed by atoms with E-state index in [2.05, 4.69) is 15.0 Å². The number of nitrogen functional groups attached to an aromatic ring is 1. The zero-order valence-electron chi connectivity index (χ0n) is 17.2. The van der Waals surface area contributed by atoms with E-state index in [1.807, 2.05) is 42.5 Å². The maximum Gasteiger partial charge on any atom is 0.330 e. The van der Waals surface area contributed by atoms with Gasteiger partial charge >= 0.3 is 5.69 Å². The number of aromatic nitrogens is 4. The molecule has 0 spiro atoms. The maximum atomic E-state index is 12.9. The number of carbonyl (C=O) groups is 1. The van der Waals surface area contributed by atoms with Crippen molar-refractivity contribution >= 4 is 28.7 Å². The van der Waals surface area contributed by atoms with E-state index in [1.54, 1.807) is 17.8 Å². The van der Waals surface area contributed by atoms with Crippen LogP contribution < -0.4 is 21.9 Å². The molecule has 9 nitrogen and oxygen atoms in total. The molecule has 4 rings (SSSR count). The first-order chi connectivity index (χ1) is 15.4. The molecule has 3 N–H and O–H groups in total. The van der Waals surface area contributed by atoms with E-state index in [0.717, 1.165) is 21.0 Å². The second-order valence-electron chi connectivity index (χ2n) is 7.08. The molecule has 0 saturated heterocycles. The summed E-state index contributed by atoms with van der Waals surface area (Å²) in [5.41, 5.74) is 7.00. The van der Waals surface area contributed by atoms with Gasteiger partial charge < -0.3 is 10.6 Å². The molecule has 0 aliphatic heterocycles. The molecule has 1 aromatic carbocycles. The van der Waals surface area contributed by atoms with Crippen molar-refractivity contribution in [3.05, 3.63) is 92.3 Å². The first kappa shape index (κ1) is 21.2. The van der Waals surface area contributed by atoms with Crippen LogP contribution in [0.3, 0.4) is 0 Å². The number of aromatic amines is 1. The van der Waals surface area contributed by atoms with Crippen LogP contribution in [-0.2, 0) is 17.8 Å². The second-order valence-corrected chi connectivity index (χ2v) is 7.94. The summed E-state index contributed by atoms with van der Waals surface area (Å²) < 4.78 is 1.24. The summed E-state index contributed by atoms with van der Waals surface area (Å²) in [7, 11) is 1.45. The number of amides is 1. The van der Waals surface area contributed by atoms with Crippen LogP contribution in [-0.4, -0.2) is 32.5 Å². The summed E-state index contributed by atoms with van der Waals surface area (Å²) in [6, 6.07) is 12.9. The van der Waals surface area contributed by atoms with Crippen molar-refractivity contribution in [2.45, 2.75) is 13.0 Å². The standard InChI is InChI=1S/C22H20N6O3S/c1-27(17(29)10-16-13-32-21(25-16)15-8-5-9-24-11-15)18-19(23)28(22(31)26-20(18)30)12-14-6-3-2-4-7-14/h2-9,11,13H,10,12,23H2,1H3,(H,26,30,31). The smallest absolute Gasteiger partial charge is 0.330 e. The summed E-state index contributed by atoms with van der Waals surface area (Å²) in [6.45, 7) is 0.165. The van der Waals surface area contributed by atoms with Crippen molar-refractivity contribution in [1.29, 1.82) is 0 Å². The highest BCUT2D eigenvalue weighted by Gasteiger charge is 2.22. The van der Waals surface area contributed by atoms with Gasteiger partial charge in [-0.05, 0) is 17.7 Å². The fraction of sp³-hybridized carbons (Fsp3) is 0.136. The number of H-pyrrole nitrogens is 1. The Bertz CT molecular complexity index is 1360. The van der Waals surface area contributed by atoms with Gasteiger partial charge in [-0.15, -0.1) is 11.3 Å². The van der Waals surface area contributed by atoms with Crippen LogP contribution in [0.1, 0.15) is 11.3 Å². The van der Waals surface area contributed by atoms with Crippen LogP contribution >= 0.6 is 11.3 Å². The van der Waals surface area contributed by atoms with Crippen molar-refractivity contribution in [3.8, 4) is 10.6 Å². The number of nitrogens with one attached hydrogen (secondary N) is 1. The number of rotatable bonds is 6. The van der Waals surface area contributed by atoms with E-state index in [-0.39, 0.29) is 30.4 Å². The van der Waals surface area contributed by atoms with E-state index in [4.69, 9.17) is 5.73 Å². The van der Waals surface area contributed by atoms with E-state index >= 15 is 0 Å². The first-order valence-corrected chi connectivity index (χ1v) is 10.6. The Balaban J connectivity index is 1.59. The summed E-state index contributed by atoms with van der Waals surface area (Å²) >= 11 is 1.40. The summed E-state index contributed by atoms with van der Waals surface area (Å²) in [5, 5.41) is 2.54. The summed E-state index contributed by atoms with van der Waals surface area (Å²) in [4.78, 5) is 49.7. The third-order valence-electron chi connectivity index (χ3n) is 4.90. The maximum absolute atomic E-state index is 12.9. The van der Waals surface area contributed by atoms with Gasteiger partial charge in [0.05, 0.1) is 18.7 Å². The van der Waals surface area contributed by atoms with Gasteiger partial charge in [-0.1, -0.05) is 30.3 Å². The Morgan fingerprint density at radius 3 is 2.69 bits per heavy atom. The molecule has 0 atom stereocenters. The van der Waals surface area contributed by atoms with Crippen molar-refractivity contribution in [2.75, 3.05) is 17.7 Å². The highest BCUT2D eigenvalue weighted by Crippen LogP contribution is 2.24. The van der Waals surface area contributed by atoms with Crippen LogP contribution in [0.4, 0.5) is 11.5 Å². The Morgan fingerprint density at radius 1 is 1.19 bits per heavy atom. The Hall–Kier alpha value is -4.05. The van der Waals surface area contributed by atoms with Gasteiger partial charge in [0.15, 0.2) is 5.69 Å². The molecule has 0 unspecified atom stereocenters. The lowest BCUT2D eigenvalue weighted by Gasteiger charge is -2.20. The minimum absolute atomic E-state index is 0.0239. The van der Waals surface area contributed by atoms with Crippen molar-refractivity contribution < 1.29 is 4.79 Å². The molecule has 0 aliphatic carbocycles. The second kappa shape index (κ2) is 8.98. The molecule has 162 valence electrons. The monoisotopic (exact) mass is 448 g/mol. The quantitative estimate of drug-likeness (QED) is 0.464. The number of likely N-dealkylation sites (N-methyl/N-ethyl adjacent to an activating group) is 1. The van der Waals surface area contributed by atoms with Crippen LogP contribution in [0.2, 0.25) is 0 Å². The molecule has 0 fully saturated rings.